The molecule has 2 atom stereocenters. The van der Waals surface area contributed by atoms with Gasteiger partial charge < -0.3 is 4.43 Å². The van der Waals surface area contributed by atoms with Crippen LogP contribution >= 0.6 is 0 Å². The molecular formula is C7H13F3OSi. The van der Waals surface area contributed by atoms with Gasteiger partial charge in [-0.05, 0) is 19.4 Å². The van der Waals surface area contributed by atoms with E-state index in [0.29, 0.717) is 12.7 Å². The van der Waals surface area contributed by atoms with Crippen LogP contribution < -0.4 is 0 Å². The second-order valence-electron chi connectivity index (χ2n) is 3.15. The summed E-state index contributed by atoms with van der Waals surface area (Å²) in [6.45, 7) is 1.30. The Hall–Kier alpha value is -0.0331. The van der Waals surface area contributed by atoms with Gasteiger partial charge in [0.1, 0.15) is 0 Å². The molecule has 0 amide bonds. The molecule has 1 aliphatic heterocycles. The van der Waals surface area contributed by atoms with Crippen molar-refractivity contribution >= 4 is 9.04 Å². The molecule has 72 valence electrons. The van der Waals surface area contributed by atoms with Crippen LogP contribution in [0.15, 0.2) is 0 Å². The molecule has 0 radical (unpaired) electrons. The van der Waals surface area contributed by atoms with Crippen molar-refractivity contribution in [3.05, 3.63) is 0 Å². The molecule has 0 saturated carbocycles. The Morgan fingerprint density at radius 1 is 1.42 bits per heavy atom. The minimum Gasteiger partial charge on any atom is -0.413 e. The first-order valence-corrected chi connectivity index (χ1v) is 6.05. The van der Waals surface area contributed by atoms with Gasteiger partial charge in [-0.25, -0.2) is 13.2 Å². The average Bonchev–Trinajstić information content (AvgIpc) is 2.06. The molecule has 1 fully saturated rings. The maximum Gasteiger partial charge on any atom is 0.283 e. The van der Waals surface area contributed by atoms with Crippen molar-refractivity contribution < 1.29 is 17.6 Å². The highest BCUT2D eigenvalue weighted by Gasteiger charge is 2.48. The van der Waals surface area contributed by atoms with Crippen molar-refractivity contribution in [2.45, 2.75) is 37.5 Å². The van der Waals surface area contributed by atoms with Crippen molar-refractivity contribution in [1.82, 2.24) is 0 Å². The van der Waals surface area contributed by atoms with Gasteiger partial charge in [0.25, 0.3) is 14.6 Å². The Bertz CT molecular complexity index is 146. The Morgan fingerprint density at radius 3 is 2.50 bits per heavy atom. The monoisotopic (exact) mass is 198 g/mol. The van der Waals surface area contributed by atoms with Crippen LogP contribution in [-0.2, 0) is 4.43 Å². The smallest absolute Gasteiger partial charge is 0.283 e. The van der Waals surface area contributed by atoms with E-state index >= 15 is 0 Å². The predicted octanol–water partition coefficient (Wildman–Crippen LogP) is 2.05. The van der Waals surface area contributed by atoms with E-state index in [1.807, 2.05) is 0 Å². The number of halogens is 3. The van der Waals surface area contributed by atoms with Crippen LogP contribution in [0.3, 0.4) is 0 Å². The van der Waals surface area contributed by atoms with E-state index in [1.54, 1.807) is 0 Å². The van der Waals surface area contributed by atoms with E-state index in [1.165, 1.54) is 0 Å². The zero-order valence-electron chi connectivity index (χ0n) is 7.03. The van der Waals surface area contributed by atoms with Crippen LogP contribution in [0.4, 0.5) is 13.2 Å². The Balaban J connectivity index is 2.53. The summed E-state index contributed by atoms with van der Waals surface area (Å²) < 4.78 is 43.4. The number of alkyl halides is 3. The van der Waals surface area contributed by atoms with Gasteiger partial charge in [0.05, 0.1) is 0 Å². The molecule has 5 heteroatoms. The summed E-state index contributed by atoms with van der Waals surface area (Å²) in [7, 11) is -2.60. The molecular weight excluding hydrogens is 185 g/mol. The summed E-state index contributed by atoms with van der Waals surface area (Å²) in [4.78, 5) is 0. The van der Waals surface area contributed by atoms with Gasteiger partial charge in [-0.2, -0.15) is 0 Å². The molecule has 0 aromatic heterocycles. The van der Waals surface area contributed by atoms with Crippen molar-refractivity contribution in [2.24, 2.45) is 0 Å². The molecule has 1 heterocycles. The average molecular weight is 198 g/mol. The fourth-order valence-corrected chi connectivity index (χ4v) is 3.70. The largest absolute Gasteiger partial charge is 0.413 e. The van der Waals surface area contributed by atoms with Gasteiger partial charge >= 0.3 is 0 Å². The molecule has 0 bridgehead atoms. The molecule has 1 nitrogen and oxygen atoms in total. The quantitative estimate of drug-likeness (QED) is 0.617. The normalized spacial score (nSPS) is 28.5. The molecule has 0 aliphatic carbocycles. The van der Waals surface area contributed by atoms with Crippen molar-refractivity contribution in [3.8, 4) is 0 Å². The first-order valence-electron chi connectivity index (χ1n) is 4.18. The third-order valence-corrected chi connectivity index (χ3v) is 5.03. The third kappa shape index (κ3) is 2.01. The Labute approximate surface area is 71.6 Å². The lowest BCUT2D eigenvalue weighted by atomic mass is 10.4. The van der Waals surface area contributed by atoms with Crippen LogP contribution in [-0.4, -0.2) is 27.4 Å². The van der Waals surface area contributed by atoms with E-state index in [2.05, 4.69) is 0 Å². The van der Waals surface area contributed by atoms with Crippen LogP contribution in [0.25, 0.3) is 0 Å². The SMILES string of the molecule is CC(F)C(F)(F)[SiH]1CCCCO1. The van der Waals surface area contributed by atoms with E-state index in [0.717, 1.165) is 19.8 Å². The first-order chi connectivity index (χ1) is 5.55. The molecule has 0 N–H and O–H groups in total. The number of hydrogen-bond donors (Lipinski definition) is 0. The van der Waals surface area contributed by atoms with Crippen molar-refractivity contribution in [1.29, 1.82) is 0 Å². The molecule has 1 aliphatic rings. The van der Waals surface area contributed by atoms with Crippen LogP contribution in [0.5, 0.6) is 0 Å². The zero-order valence-corrected chi connectivity index (χ0v) is 8.18. The zero-order chi connectivity index (χ0) is 9.19. The highest BCUT2D eigenvalue weighted by Crippen LogP contribution is 2.30. The van der Waals surface area contributed by atoms with E-state index < -0.39 is 20.8 Å². The maximum atomic E-state index is 13.0. The van der Waals surface area contributed by atoms with Crippen LogP contribution in [0.1, 0.15) is 19.8 Å². The summed E-state index contributed by atoms with van der Waals surface area (Å²) in [6.07, 6.45) is -0.466. The van der Waals surface area contributed by atoms with Crippen LogP contribution in [0, 0.1) is 0 Å². The molecule has 1 saturated heterocycles. The van der Waals surface area contributed by atoms with Gasteiger partial charge in [-0.1, -0.05) is 6.42 Å². The van der Waals surface area contributed by atoms with Gasteiger partial charge in [-0.15, -0.1) is 0 Å². The minimum atomic E-state index is -3.18. The summed E-state index contributed by atoms with van der Waals surface area (Å²) >= 11 is 0. The molecule has 2 unspecified atom stereocenters. The third-order valence-electron chi connectivity index (χ3n) is 2.14. The summed E-state index contributed by atoms with van der Waals surface area (Å²) in [6, 6.07) is 0.404. The first kappa shape index (κ1) is 10.1. The number of rotatable bonds is 2. The minimum absolute atomic E-state index is 0.388. The molecule has 0 aromatic rings. The fraction of sp³-hybridized carbons (Fsp3) is 1.00. The fourth-order valence-electron chi connectivity index (χ4n) is 1.30. The lowest BCUT2D eigenvalue weighted by Crippen LogP contribution is -2.48. The highest BCUT2D eigenvalue weighted by molar-refractivity contribution is 6.55. The highest BCUT2D eigenvalue weighted by atomic mass is 28.3. The van der Waals surface area contributed by atoms with Crippen molar-refractivity contribution in [2.75, 3.05) is 6.61 Å². The molecule has 0 spiro atoms. The number of hydrogen-bond acceptors (Lipinski definition) is 1. The second-order valence-corrected chi connectivity index (χ2v) is 5.80. The predicted molar refractivity (Wildman–Crippen MR) is 42.7 cm³/mol. The van der Waals surface area contributed by atoms with Gasteiger partial charge in [0, 0.05) is 6.61 Å². The van der Waals surface area contributed by atoms with Crippen molar-refractivity contribution in [3.63, 3.8) is 0 Å². The lowest BCUT2D eigenvalue weighted by molar-refractivity contribution is -0.0118. The lowest BCUT2D eigenvalue weighted by Gasteiger charge is -2.29. The van der Waals surface area contributed by atoms with Gasteiger partial charge in [-0.3, -0.25) is 0 Å². The molecule has 1 rings (SSSR count). The second kappa shape index (κ2) is 3.78. The van der Waals surface area contributed by atoms with E-state index in [4.69, 9.17) is 4.43 Å². The van der Waals surface area contributed by atoms with Crippen LogP contribution in [0.2, 0.25) is 6.04 Å². The molecule has 12 heavy (non-hydrogen) atoms. The maximum absolute atomic E-state index is 13.0. The molecule has 0 aromatic carbocycles. The Kier molecular flexibility index (Phi) is 3.17. The summed E-state index contributed by atoms with van der Waals surface area (Å²) in [5.41, 5.74) is -3.18. The summed E-state index contributed by atoms with van der Waals surface area (Å²) in [5, 5.41) is 0. The summed E-state index contributed by atoms with van der Waals surface area (Å²) in [5.74, 6) is 0. The van der Waals surface area contributed by atoms with Gasteiger partial charge in [0.2, 0.25) is 0 Å². The van der Waals surface area contributed by atoms with Gasteiger partial charge in [0.15, 0.2) is 6.17 Å². The Morgan fingerprint density at radius 2 is 2.08 bits per heavy atom. The van der Waals surface area contributed by atoms with E-state index in [-0.39, 0.29) is 0 Å². The van der Waals surface area contributed by atoms with E-state index in [9.17, 15) is 13.2 Å². The standard InChI is InChI=1S/C7H13F3OSi/c1-6(8)7(9,10)12-5-3-2-4-11-12/h6,12H,2-5H2,1H3. The topological polar surface area (TPSA) is 9.23 Å².